The molecule has 0 atom stereocenters. The molecule has 1 aromatic heterocycles. The van der Waals surface area contributed by atoms with Crippen molar-refractivity contribution in [1.82, 2.24) is 10.2 Å². The number of anilines is 2. The predicted octanol–water partition coefficient (Wildman–Crippen LogP) is 3.75. The number of amides is 1. The number of aryl methyl sites for hydroxylation is 1. The van der Waals surface area contributed by atoms with Crippen LogP contribution in [0.15, 0.2) is 51.7 Å². The normalized spacial score (nSPS) is 10.5. The highest BCUT2D eigenvalue weighted by molar-refractivity contribution is 8.01. The molecule has 0 radical (unpaired) electrons. The van der Waals surface area contributed by atoms with E-state index in [0.29, 0.717) is 14.4 Å². The summed E-state index contributed by atoms with van der Waals surface area (Å²) in [5.41, 5.74) is 7.05. The van der Waals surface area contributed by atoms with Crippen LogP contribution in [-0.2, 0) is 0 Å². The lowest BCUT2D eigenvalue weighted by molar-refractivity contribution is -0.387. The molecule has 3 aromatic rings. The van der Waals surface area contributed by atoms with Crippen LogP contribution in [0.3, 0.4) is 0 Å². The molecule has 132 valence electrons. The first-order valence-electron chi connectivity index (χ1n) is 7.35. The van der Waals surface area contributed by atoms with Crippen LogP contribution in [0.1, 0.15) is 15.9 Å². The zero-order chi connectivity index (χ0) is 18.7. The molecule has 26 heavy (non-hydrogen) atoms. The summed E-state index contributed by atoms with van der Waals surface area (Å²) in [6, 6.07) is 11.9. The number of rotatable bonds is 6. The van der Waals surface area contributed by atoms with Crippen LogP contribution in [0.5, 0.6) is 0 Å². The first-order chi connectivity index (χ1) is 12.4. The van der Waals surface area contributed by atoms with Crippen LogP contribution in [0.25, 0.3) is 0 Å². The molecule has 0 spiro atoms. The molecule has 0 aliphatic rings. The van der Waals surface area contributed by atoms with Gasteiger partial charge in [-0.2, -0.15) is 0 Å². The highest BCUT2D eigenvalue weighted by Crippen LogP contribution is 2.38. The Morgan fingerprint density at radius 1 is 1.27 bits per heavy atom. The number of aromatic nitrogens is 2. The zero-order valence-electron chi connectivity index (χ0n) is 13.5. The van der Waals surface area contributed by atoms with Gasteiger partial charge in [0.1, 0.15) is 0 Å². The number of nitro groups is 1. The average molecular weight is 387 g/mol. The largest absolute Gasteiger partial charge is 0.366 e. The van der Waals surface area contributed by atoms with Gasteiger partial charge in [0.2, 0.25) is 11.0 Å². The number of nitrogens with two attached hydrogens (primary N) is 1. The zero-order valence-corrected chi connectivity index (χ0v) is 15.1. The Bertz CT molecular complexity index is 990. The van der Waals surface area contributed by atoms with E-state index in [1.165, 1.54) is 23.5 Å². The number of primary amides is 1. The number of hydrogen-bond acceptors (Lipinski definition) is 8. The standard InChI is InChI=1S/C16H13N5O3S2/c1-9-3-2-4-11(7-9)18-15-19-20-16(26-15)25-13-6-5-10(14(17)22)8-12(13)21(23)24/h2-8H,1H3,(H2,17,22)(H,18,19). The Morgan fingerprint density at radius 2 is 2.08 bits per heavy atom. The lowest BCUT2D eigenvalue weighted by atomic mass is 10.2. The third-order valence-electron chi connectivity index (χ3n) is 3.31. The molecular weight excluding hydrogens is 374 g/mol. The van der Waals surface area contributed by atoms with Gasteiger partial charge in [-0.15, -0.1) is 10.2 Å². The Labute approximate surface area is 156 Å². The minimum atomic E-state index is -0.717. The van der Waals surface area contributed by atoms with Gasteiger partial charge in [0, 0.05) is 17.3 Å². The fourth-order valence-corrected chi connectivity index (χ4v) is 3.96. The average Bonchev–Trinajstić information content (AvgIpc) is 3.01. The molecule has 10 heteroatoms. The van der Waals surface area contributed by atoms with Gasteiger partial charge in [-0.05, 0) is 48.5 Å². The summed E-state index contributed by atoms with van der Waals surface area (Å²) >= 11 is 2.38. The van der Waals surface area contributed by atoms with E-state index in [0.717, 1.165) is 29.1 Å². The highest BCUT2D eigenvalue weighted by Gasteiger charge is 2.19. The minimum absolute atomic E-state index is 0.0834. The summed E-state index contributed by atoms with van der Waals surface area (Å²) in [5.74, 6) is -0.717. The van der Waals surface area contributed by atoms with Crippen molar-refractivity contribution in [2.75, 3.05) is 5.32 Å². The second-order valence-electron chi connectivity index (χ2n) is 5.27. The second kappa shape index (κ2) is 7.50. The van der Waals surface area contributed by atoms with E-state index in [2.05, 4.69) is 15.5 Å². The fraction of sp³-hybridized carbons (Fsp3) is 0.0625. The fourth-order valence-electron chi connectivity index (χ4n) is 2.14. The first kappa shape index (κ1) is 17.8. The monoisotopic (exact) mass is 387 g/mol. The number of nitrogens with zero attached hydrogens (tertiary/aromatic N) is 3. The predicted molar refractivity (Wildman–Crippen MR) is 100 cm³/mol. The van der Waals surface area contributed by atoms with E-state index in [4.69, 9.17) is 5.73 Å². The van der Waals surface area contributed by atoms with Crippen LogP contribution in [0, 0.1) is 17.0 Å². The lowest BCUT2D eigenvalue weighted by Crippen LogP contribution is -2.11. The molecule has 1 heterocycles. The number of carbonyl (C=O) groups is 1. The van der Waals surface area contributed by atoms with E-state index in [1.54, 1.807) is 0 Å². The van der Waals surface area contributed by atoms with E-state index >= 15 is 0 Å². The third kappa shape index (κ3) is 4.16. The Kier molecular flexibility index (Phi) is 5.14. The summed E-state index contributed by atoms with van der Waals surface area (Å²) in [6.07, 6.45) is 0. The van der Waals surface area contributed by atoms with E-state index in [1.807, 2.05) is 31.2 Å². The summed E-state index contributed by atoms with van der Waals surface area (Å²) < 4.78 is 0.537. The van der Waals surface area contributed by atoms with Crippen LogP contribution >= 0.6 is 23.1 Å². The minimum Gasteiger partial charge on any atom is -0.366 e. The topological polar surface area (TPSA) is 124 Å². The van der Waals surface area contributed by atoms with Crippen LogP contribution in [0.4, 0.5) is 16.5 Å². The summed E-state index contributed by atoms with van der Waals surface area (Å²) in [4.78, 5) is 22.3. The van der Waals surface area contributed by atoms with E-state index in [9.17, 15) is 14.9 Å². The van der Waals surface area contributed by atoms with E-state index < -0.39 is 10.8 Å². The maximum atomic E-state index is 11.3. The van der Waals surface area contributed by atoms with Crippen molar-refractivity contribution in [1.29, 1.82) is 0 Å². The number of carbonyl (C=O) groups excluding carboxylic acids is 1. The van der Waals surface area contributed by atoms with Gasteiger partial charge in [-0.3, -0.25) is 14.9 Å². The van der Waals surface area contributed by atoms with Crippen molar-refractivity contribution in [3.8, 4) is 0 Å². The second-order valence-corrected chi connectivity index (χ2v) is 7.54. The third-order valence-corrected chi connectivity index (χ3v) is 5.27. The molecule has 0 saturated heterocycles. The van der Waals surface area contributed by atoms with Crippen LogP contribution in [-0.4, -0.2) is 21.0 Å². The molecule has 1 amide bonds. The highest BCUT2D eigenvalue weighted by atomic mass is 32.2. The van der Waals surface area contributed by atoms with Crippen LogP contribution < -0.4 is 11.1 Å². The SMILES string of the molecule is Cc1cccc(Nc2nnc(Sc3ccc(C(N)=O)cc3[N+](=O)[O-])s2)c1. The maximum absolute atomic E-state index is 11.3. The van der Waals surface area contributed by atoms with Crippen molar-refractivity contribution in [3.05, 3.63) is 63.7 Å². The smallest absolute Gasteiger partial charge is 0.284 e. The van der Waals surface area contributed by atoms with Crippen LogP contribution in [0.2, 0.25) is 0 Å². The molecular formula is C16H13N5O3S2. The van der Waals surface area contributed by atoms with Crippen molar-refractivity contribution < 1.29 is 9.72 Å². The van der Waals surface area contributed by atoms with Gasteiger partial charge in [0.15, 0.2) is 4.34 Å². The van der Waals surface area contributed by atoms with Gasteiger partial charge < -0.3 is 11.1 Å². The summed E-state index contributed by atoms with van der Waals surface area (Å²) in [5, 5.41) is 23.1. The molecule has 2 aromatic carbocycles. The molecule has 8 nitrogen and oxygen atoms in total. The van der Waals surface area contributed by atoms with Crippen molar-refractivity contribution in [2.24, 2.45) is 5.73 Å². The molecule has 3 rings (SSSR count). The van der Waals surface area contributed by atoms with Gasteiger partial charge in [-0.25, -0.2) is 0 Å². The van der Waals surface area contributed by atoms with Crippen molar-refractivity contribution in [3.63, 3.8) is 0 Å². The quantitative estimate of drug-likeness (QED) is 0.487. The molecule has 0 fully saturated rings. The Hall–Kier alpha value is -2.98. The molecule has 0 unspecified atom stereocenters. The number of hydrogen-bond donors (Lipinski definition) is 2. The van der Waals surface area contributed by atoms with Gasteiger partial charge in [0.05, 0.1) is 9.82 Å². The van der Waals surface area contributed by atoms with Gasteiger partial charge >= 0.3 is 0 Å². The Balaban J connectivity index is 1.80. The first-order valence-corrected chi connectivity index (χ1v) is 8.99. The van der Waals surface area contributed by atoms with Gasteiger partial charge in [-0.1, -0.05) is 23.5 Å². The maximum Gasteiger partial charge on any atom is 0.284 e. The van der Waals surface area contributed by atoms with Gasteiger partial charge in [0.25, 0.3) is 5.69 Å². The molecule has 0 aliphatic carbocycles. The number of nitro benzene ring substituents is 1. The molecule has 0 bridgehead atoms. The number of benzene rings is 2. The molecule has 3 N–H and O–H groups in total. The lowest BCUT2D eigenvalue weighted by Gasteiger charge is -2.02. The number of nitrogens with one attached hydrogen (secondary N) is 1. The molecule has 0 saturated carbocycles. The summed E-state index contributed by atoms with van der Waals surface area (Å²) in [6.45, 7) is 1.99. The Morgan fingerprint density at radius 3 is 2.77 bits per heavy atom. The molecule has 0 aliphatic heterocycles. The van der Waals surface area contributed by atoms with Crippen molar-refractivity contribution in [2.45, 2.75) is 16.2 Å². The van der Waals surface area contributed by atoms with E-state index in [-0.39, 0.29) is 11.3 Å². The summed E-state index contributed by atoms with van der Waals surface area (Å²) in [7, 11) is 0. The van der Waals surface area contributed by atoms with Crippen molar-refractivity contribution >= 4 is 45.5 Å².